The Bertz CT molecular complexity index is 1260. The summed E-state index contributed by atoms with van der Waals surface area (Å²) < 4.78 is 33.1. The highest BCUT2D eigenvalue weighted by atomic mass is 35.5. The molecule has 3 rings (SSSR count). The molecular formula is C22H18Cl2N2O5S. The van der Waals surface area contributed by atoms with E-state index in [1.807, 2.05) is 0 Å². The van der Waals surface area contributed by atoms with E-state index in [4.69, 9.17) is 27.9 Å². The van der Waals surface area contributed by atoms with Crippen molar-refractivity contribution >= 4 is 56.5 Å². The van der Waals surface area contributed by atoms with Crippen LogP contribution in [0.4, 0.5) is 11.4 Å². The van der Waals surface area contributed by atoms with E-state index in [-0.39, 0.29) is 39.0 Å². The van der Waals surface area contributed by atoms with Gasteiger partial charge in [-0.05, 0) is 61.5 Å². The SMILES string of the molecule is CCOC(=O)c1ccccc1NC(=O)c1ccc(Cl)c(S(=O)(=O)Nc2ccc(Cl)cc2)c1. The molecule has 0 unspecified atom stereocenters. The maximum Gasteiger partial charge on any atom is 0.340 e. The quantitative estimate of drug-likeness (QED) is 0.440. The van der Waals surface area contributed by atoms with E-state index >= 15 is 0 Å². The van der Waals surface area contributed by atoms with Crippen molar-refractivity contribution in [3.8, 4) is 0 Å². The average molecular weight is 493 g/mol. The molecule has 0 saturated heterocycles. The van der Waals surface area contributed by atoms with Crippen molar-refractivity contribution < 1.29 is 22.7 Å². The first-order valence-corrected chi connectivity index (χ1v) is 11.6. The highest BCUT2D eigenvalue weighted by molar-refractivity contribution is 7.92. The number of rotatable bonds is 7. The number of hydrogen-bond donors (Lipinski definition) is 2. The van der Waals surface area contributed by atoms with Gasteiger partial charge in [0.05, 0.1) is 22.9 Å². The molecule has 0 aromatic heterocycles. The maximum atomic E-state index is 12.8. The third-order valence-electron chi connectivity index (χ3n) is 4.25. The van der Waals surface area contributed by atoms with Crippen LogP contribution in [0, 0.1) is 0 Å². The summed E-state index contributed by atoms with van der Waals surface area (Å²) in [5.74, 6) is -1.21. The van der Waals surface area contributed by atoms with Crippen LogP contribution in [0.2, 0.25) is 10.0 Å². The van der Waals surface area contributed by atoms with Crippen molar-refractivity contribution in [2.45, 2.75) is 11.8 Å². The Balaban J connectivity index is 1.88. The van der Waals surface area contributed by atoms with Gasteiger partial charge in [0.2, 0.25) is 0 Å². The minimum atomic E-state index is -4.09. The van der Waals surface area contributed by atoms with Gasteiger partial charge in [-0.2, -0.15) is 0 Å². The lowest BCUT2D eigenvalue weighted by atomic mass is 10.1. The van der Waals surface area contributed by atoms with Gasteiger partial charge < -0.3 is 10.1 Å². The summed E-state index contributed by atoms with van der Waals surface area (Å²) in [5, 5.41) is 3.00. The Morgan fingerprint density at radius 3 is 2.34 bits per heavy atom. The summed E-state index contributed by atoms with van der Waals surface area (Å²) in [5.41, 5.74) is 0.719. The first-order chi connectivity index (χ1) is 15.2. The average Bonchev–Trinajstić information content (AvgIpc) is 2.76. The topological polar surface area (TPSA) is 102 Å². The lowest BCUT2D eigenvalue weighted by Crippen LogP contribution is -2.18. The predicted molar refractivity (Wildman–Crippen MR) is 124 cm³/mol. The summed E-state index contributed by atoms with van der Waals surface area (Å²) in [6.45, 7) is 1.85. The maximum absolute atomic E-state index is 12.8. The fourth-order valence-electron chi connectivity index (χ4n) is 2.75. The zero-order chi connectivity index (χ0) is 23.3. The smallest absolute Gasteiger partial charge is 0.340 e. The minimum Gasteiger partial charge on any atom is -0.462 e. The third-order valence-corrected chi connectivity index (χ3v) is 6.36. The number of benzene rings is 3. The number of sulfonamides is 1. The number of amides is 1. The van der Waals surface area contributed by atoms with Crippen LogP contribution in [0.15, 0.2) is 71.6 Å². The number of anilines is 2. The monoisotopic (exact) mass is 492 g/mol. The van der Waals surface area contributed by atoms with Crippen LogP contribution in [0.3, 0.4) is 0 Å². The second-order valence-corrected chi connectivity index (χ2v) is 8.97. The van der Waals surface area contributed by atoms with E-state index < -0.39 is 21.9 Å². The van der Waals surface area contributed by atoms with Crippen molar-refractivity contribution in [2.75, 3.05) is 16.6 Å². The van der Waals surface area contributed by atoms with E-state index in [9.17, 15) is 18.0 Å². The number of esters is 1. The number of carbonyl (C=O) groups is 2. The van der Waals surface area contributed by atoms with Crippen LogP contribution < -0.4 is 10.0 Å². The number of hydrogen-bond acceptors (Lipinski definition) is 5. The fraction of sp³-hybridized carbons (Fsp3) is 0.0909. The first-order valence-electron chi connectivity index (χ1n) is 9.36. The molecule has 0 saturated carbocycles. The molecule has 3 aromatic rings. The number of ether oxygens (including phenoxy) is 1. The first kappa shape index (κ1) is 23.6. The van der Waals surface area contributed by atoms with Crippen LogP contribution in [-0.2, 0) is 14.8 Å². The lowest BCUT2D eigenvalue weighted by molar-refractivity contribution is 0.0527. The normalized spacial score (nSPS) is 11.0. The van der Waals surface area contributed by atoms with Crippen molar-refractivity contribution in [1.29, 1.82) is 0 Å². The molecule has 0 radical (unpaired) electrons. The molecule has 1 amide bonds. The van der Waals surface area contributed by atoms with Gasteiger partial charge in [-0.1, -0.05) is 35.3 Å². The third kappa shape index (κ3) is 5.59. The standard InChI is InChI=1S/C22H18Cl2N2O5S/c1-2-31-22(28)17-5-3-4-6-19(17)25-21(27)14-7-12-18(24)20(13-14)32(29,30)26-16-10-8-15(23)9-11-16/h3-13,26H,2H2,1H3,(H,25,27). The molecule has 10 heteroatoms. The molecule has 0 aliphatic heterocycles. The Labute approximate surface area is 195 Å². The van der Waals surface area contributed by atoms with Gasteiger partial charge in [-0.15, -0.1) is 0 Å². The van der Waals surface area contributed by atoms with Gasteiger partial charge >= 0.3 is 5.97 Å². The minimum absolute atomic E-state index is 0.0320. The van der Waals surface area contributed by atoms with Crippen LogP contribution in [0.25, 0.3) is 0 Å². The number of halogens is 2. The van der Waals surface area contributed by atoms with Crippen LogP contribution in [0.5, 0.6) is 0 Å². The van der Waals surface area contributed by atoms with Gasteiger partial charge in [0.15, 0.2) is 0 Å². The molecule has 0 aliphatic rings. The molecule has 7 nitrogen and oxygen atoms in total. The highest BCUT2D eigenvalue weighted by Crippen LogP contribution is 2.26. The van der Waals surface area contributed by atoms with Gasteiger partial charge in [0.25, 0.3) is 15.9 Å². The van der Waals surface area contributed by atoms with E-state index in [2.05, 4.69) is 10.0 Å². The summed E-state index contributed by atoms with van der Waals surface area (Å²) in [7, 11) is -4.09. The molecule has 3 aromatic carbocycles. The molecule has 0 heterocycles. The van der Waals surface area contributed by atoms with Crippen LogP contribution in [0.1, 0.15) is 27.6 Å². The van der Waals surface area contributed by atoms with Crippen molar-refractivity contribution in [1.82, 2.24) is 0 Å². The molecule has 0 fully saturated rings. The summed E-state index contributed by atoms with van der Waals surface area (Å²) in [6, 6.07) is 16.2. The Hall–Kier alpha value is -3.07. The van der Waals surface area contributed by atoms with Crippen molar-refractivity contribution in [2.24, 2.45) is 0 Å². The summed E-state index contributed by atoms with van der Waals surface area (Å²) in [6.07, 6.45) is 0. The fourth-order valence-corrected chi connectivity index (χ4v) is 4.46. The van der Waals surface area contributed by atoms with E-state index in [0.29, 0.717) is 5.02 Å². The highest BCUT2D eigenvalue weighted by Gasteiger charge is 2.21. The number of nitrogens with one attached hydrogen (secondary N) is 2. The predicted octanol–water partition coefficient (Wildman–Crippen LogP) is 5.22. The second-order valence-electron chi connectivity index (χ2n) is 6.48. The zero-order valence-corrected chi connectivity index (χ0v) is 19.1. The van der Waals surface area contributed by atoms with Gasteiger partial charge in [-0.3, -0.25) is 9.52 Å². The molecule has 0 bridgehead atoms. The van der Waals surface area contributed by atoms with E-state index in [1.54, 1.807) is 25.1 Å². The van der Waals surface area contributed by atoms with Gasteiger partial charge in [0, 0.05) is 16.3 Å². The molecule has 2 N–H and O–H groups in total. The molecule has 0 spiro atoms. The van der Waals surface area contributed by atoms with Crippen molar-refractivity contribution in [3.63, 3.8) is 0 Å². The van der Waals surface area contributed by atoms with Gasteiger partial charge in [0.1, 0.15) is 4.90 Å². The van der Waals surface area contributed by atoms with Crippen LogP contribution >= 0.6 is 23.2 Å². The number of carbonyl (C=O) groups excluding carboxylic acids is 2. The molecule has 0 atom stereocenters. The van der Waals surface area contributed by atoms with Crippen LogP contribution in [-0.4, -0.2) is 26.9 Å². The second kappa shape index (κ2) is 10.0. The van der Waals surface area contributed by atoms with E-state index in [1.165, 1.54) is 42.5 Å². The molecular weight excluding hydrogens is 475 g/mol. The lowest BCUT2D eigenvalue weighted by Gasteiger charge is -2.13. The molecule has 32 heavy (non-hydrogen) atoms. The summed E-state index contributed by atoms with van der Waals surface area (Å²) >= 11 is 11.9. The molecule has 0 aliphatic carbocycles. The van der Waals surface area contributed by atoms with Gasteiger partial charge in [-0.25, -0.2) is 13.2 Å². The summed E-state index contributed by atoms with van der Waals surface area (Å²) in [4.78, 5) is 24.6. The molecule has 166 valence electrons. The Morgan fingerprint density at radius 1 is 0.969 bits per heavy atom. The Kier molecular flexibility index (Phi) is 7.40. The Morgan fingerprint density at radius 2 is 1.66 bits per heavy atom. The largest absolute Gasteiger partial charge is 0.462 e. The zero-order valence-electron chi connectivity index (χ0n) is 16.8. The van der Waals surface area contributed by atoms with E-state index in [0.717, 1.165) is 6.07 Å². The number of para-hydroxylation sites is 1. The van der Waals surface area contributed by atoms with Crippen molar-refractivity contribution in [3.05, 3.63) is 87.9 Å².